The third kappa shape index (κ3) is 3.85. The van der Waals surface area contributed by atoms with Crippen molar-refractivity contribution in [3.05, 3.63) is 41.3 Å². The van der Waals surface area contributed by atoms with Crippen LogP contribution in [0, 0.1) is 12.8 Å². The third-order valence-electron chi connectivity index (χ3n) is 4.85. The Kier molecular flexibility index (Phi) is 5.39. The molecule has 7 nitrogen and oxygen atoms in total. The zero-order valence-corrected chi connectivity index (χ0v) is 15.4. The number of alkyl halides is 3. The molecule has 0 spiro atoms. The lowest BCUT2D eigenvalue weighted by Gasteiger charge is -2.30. The van der Waals surface area contributed by atoms with Gasteiger partial charge in [-0.25, -0.2) is 9.67 Å². The van der Waals surface area contributed by atoms with Crippen LogP contribution in [0.1, 0.15) is 34.5 Å². The summed E-state index contributed by atoms with van der Waals surface area (Å²) in [6.07, 6.45) is -1.32. The molecule has 2 aromatic rings. The Hall–Kier alpha value is -2.91. The van der Waals surface area contributed by atoms with Crippen molar-refractivity contribution in [3.8, 4) is 5.82 Å². The highest BCUT2D eigenvalue weighted by atomic mass is 19.4. The molecule has 0 aromatic carbocycles. The smallest absolute Gasteiger partial charge is 0.417 e. The van der Waals surface area contributed by atoms with E-state index in [2.05, 4.69) is 10.1 Å². The zero-order valence-electron chi connectivity index (χ0n) is 15.4. The number of hydrogen-bond acceptors (Lipinski definition) is 5. The van der Waals surface area contributed by atoms with E-state index in [1.807, 2.05) is 0 Å². The van der Waals surface area contributed by atoms with Crippen molar-refractivity contribution in [1.29, 1.82) is 0 Å². The molecule has 3 rings (SSSR count). The van der Waals surface area contributed by atoms with Gasteiger partial charge in [-0.2, -0.15) is 18.3 Å². The van der Waals surface area contributed by atoms with Gasteiger partial charge in [0.25, 0.3) is 5.91 Å². The molecular formula is C18H19F3N4O3. The van der Waals surface area contributed by atoms with Crippen LogP contribution in [-0.4, -0.2) is 51.7 Å². The summed E-state index contributed by atoms with van der Waals surface area (Å²) in [5.41, 5.74) is -0.0311. The number of pyridine rings is 1. The first kappa shape index (κ1) is 19.8. The topological polar surface area (TPSA) is 77.3 Å². The monoisotopic (exact) mass is 396 g/mol. The van der Waals surface area contributed by atoms with Crippen molar-refractivity contribution in [3.63, 3.8) is 0 Å². The maximum Gasteiger partial charge on any atom is 0.417 e. The van der Waals surface area contributed by atoms with E-state index in [9.17, 15) is 22.8 Å². The molecule has 0 bridgehead atoms. The van der Waals surface area contributed by atoms with Crippen LogP contribution in [0.15, 0.2) is 24.5 Å². The number of halogens is 3. The summed E-state index contributed by atoms with van der Waals surface area (Å²) in [5, 5.41) is 4.10. The first-order valence-electron chi connectivity index (χ1n) is 8.67. The Balaban J connectivity index is 1.74. The summed E-state index contributed by atoms with van der Waals surface area (Å²) in [6.45, 7) is 2.49. The van der Waals surface area contributed by atoms with E-state index in [0.29, 0.717) is 37.2 Å². The molecule has 0 atom stereocenters. The Morgan fingerprint density at radius 2 is 1.86 bits per heavy atom. The lowest BCUT2D eigenvalue weighted by molar-refractivity contribution is -0.146. The molecule has 0 aliphatic carbocycles. The van der Waals surface area contributed by atoms with Crippen molar-refractivity contribution in [1.82, 2.24) is 19.7 Å². The van der Waals surface area contributed by atoms with Crippen LogP contribution in [0.3, 0.4) is 0 Å². The summed E-state index contributed by atoms with van der Waals surface area (Å²) >= 11 is 0. The second-order valence-corrected chi connectivity index (χ2v) is 6.55. The van der Waals surface area contributed by atoms with E-state index in [1.54, 1.807) is 11.8 Å². The molecular weight excluding hydrogens is 377 g/mol. The van der Waals surface area contributed by atoms with Gasteiger partial charge in [0.1, 0.15) is 0 Å². The summed E-state index contributed by atoms with van der Waals surface area (Å²) < 4.78 is 44.1. The minimum Gasteiger partial charge on any atom is -0.469 e. The van der Waals surface area contributed by atoms with Crippen molar-refractivity contribution < 1.29 is 27.5 Å². The fraction of sp³-hybridized carbons (Fsp3) is 0.444. The molecule has 1 aliphatic rings. The molecule has 28 heavy (non-hydrogen) atoms. The number of methoxy groups -OCH3 is 1. The number of aromatic nitrogens is 3. The van der Waals surface area contributed by atoms with Gasteiger partial charge < -0.3 is 9.64 Å². The molecule has 1 fully saturated rings. The van der Waals surface area contributed by atoms with Gasteiger partial charge >= 0.3 is 12.1 Å². The summed E-state index contributed by atoms with van der Waals surface area (Å²) in [4.78, 5) is 29.8. The molecule has 1 amide bonds. The molecule has 0 N–H and O–H groups in total. The molecule has 0 radical (unpaired) electrons. The van der Waals surface area contributed by atoms with E-state index in [-0.39, 0.29) is 23.6 Å². The molecule has 10 heteroatoms. The van der Waals surface area contributed by atoms with Gasteiger partial charge in [0.05, 0.1) is 36.0 Å². The minimum absolute atomic E-state index is 0.189. The van der Waals surface area contributed by atoms with Crippen molar-refractivity contribution in [2.24, 2.45) is 5.92 Å². The fourth-order valence-electron chi connectivity index (χ4n) is 3.18. The normalized spacial score (nSPS) is 15.5. The average Bonchev–Trinajstić information content (AvgIpc) is 3.07. The molecule has 0 unspecified atom stereocenters. The van der Waals surface area contributed by atoms with Crippen LogP contribution >= 0.6 is 0 Å². The van der Waals surface area contributed by atoms with Crippen LogP contribution < -0.4 is 0 Å². The zero-order chi connectivity index (χ0) is 20.5. The van der Waals surface area contributed by atoms with E-state index in [1.165, 1.54) is 24.1 Å². The lowest BCUT2D eigenvalue weighted by atomic mass is 9.96. The number of ether oxygens (including phenoxy) is 1. The third-order valence-corrected chi connectivity index (χ3v) is 4.85. The second-order valence-electron chi connectivity index (χ2n) is 6.55. The number of hydrogen-bond donors (Lipinski definition) is 0. The predicted molar refractivity (Wildman–Crippen MR) is 91.7 cm³/mol. The quantitative estimate of drug-likeness (QED) is 0.746. The number of esters is 1. The van der Waals surface area contributed by atoms with Gasteiger partial charge in [-0.1, -0.05) is 0 Å². The van der Waals surface area contributed by atoms with Gasteiger partial charge in [-0.3, -0.25) is 9.59 Å². The fourth-order valence-corrected chi connectivity index (χ4v) is 3.18. The number of piperidine rings is 1. The standard InChI is InChI=1S/C18H19F3N4O3/c1-11-14(16(26)24-7-5-12(6-8-24)17(27)28-2)10-23-25(11)15-4-3-13(9-22-15)18(19,20)21/h3-4,9-10,12H,5-8H2,1-2H3. The molecule has 1 saturated heterocycles. The van der Waals surface area contributed by atoms with Crippen LogP contribution in [0.25, 0.3) is 5.82 Å². The Labute approximate surface area is 159 Å². The van der Waals surface area contributed by atoms with Crippen molar-refractivity contribution in [2.45, 2.75) is 25.9 Å². The Morgan fingerprint density at radius 3 is 2.39 bits per heavy atom. The summed E-state index contributed by atoms with van der Waals surface area (Å²) in [6, 6.07) is 2.13. The van der Waals surface area contributed by atoms with Crippen LogP contribution in [0.2, 0.25) is 0 Å². The summed E-state index contributed by atoms with van der Waals surface area (Å²) in [7, 11) is 1.34. The van der Waals surface area contributed by atoms with Crippen LogP contribution in [-0.2, 0) is 15.7 Å². The SMILES string of the molecule is COC(=O)C1CCN(C(=O)c2cnn(-c3ccc(C(F)(F)F)cn3)c2C)CC1. The summed E-state index contributed by atoms with van der Waals surface area (Å²) in [5.74, 6) is -0.536. The van der Waals surface area contributed by atoms with Crippen LogP contribution in [0.5, 0.6) is 0 Å². The van der Waals surface area contributed by atoms with Gasteiger partial charge in [0.2, 0.25) is 0 Å². The predicted octanol–water partition coefficient (Wildman–Crippen LogP) is 2.62. The van der Waals surface area contributed by atoms with E-state index < -0.39 is 11.7 Å². The number of rotatable bonds is 3. The van der Waals surface area contributed by atoms with Gasteiger partial charge in [-0.05, 0) is 31.9 Å². The molecule has 150 valence electrons. The Bertz CT molecular complexity index is 869. The number of carbonyl (C=O) groups is 2. The highest BCUT2D eigenvalue weighted by molar-refractivity contribution is 5.95. The Morgan fingerprint density at radius 1 is 1.18 bits per heavy atom. The van der Waals surface area contributed by atoms with E-state index >= 15 is 0 Å². The second kappa shape index (κ2) is 7.61. The van der Waals surface area contributed by atoms with Crippen molar-refractivity contribution in [2.75, 3.05) is 20.2 Å². The number of carbonyl (C=O) groups excluding carboxylic acids is 2. The van der Waals surface area contributed by atoms with Gasteiger partial charge in [0.15, 0.2) is 5.82 Å². The molecule has 0 saturated carbocycles. The maximum atomic E-state index is 12.8. The van der Waals surface area contributed by atoms with Gasteiger partial charge in [-0.15, -0.1) is 0 Å². The highest BCUT2D eigenvalue weighted by Crippen LogP contribution is 2.29. The van der Waals surface area contributed by atoms with Crippen LogP contribution in [0.4, 0.5) is 13.2 Å². The minimum atomic E-state index is -4.47. The first-order valence-corrected chi connectivity index (χ1v) is 8.67. The molecule has 2 aromatic heterocycles. The van der Waals surface area contributed by atoms with Crippen molar-refractivity contribution >= 4 is 11.9 Å². The number of amides is 1. The first-order chi connectivity index (χ1) is 13.2. The highest BCUT2D eigenvalue weighted by Gasteiger charge is 2.32. The van der Waals surface area contributed by atoms with Gasteiger partial charge in [0, 0.05) is 19.3 Å². The molecule has 1 aliphatic heterocycles. The number of likely N-dealkylation sites (tertiary alicyclic amines) is 1. The van der Waals surface area contributed by atoms with E-state index in [0.717, 1.165) is 12.3 Å². The van der Waals surface area contributed by atoms with E-state index in [4.69, 9.17) is 4.74 Å². The lowest BCUT2D eigenvalue weighted by Crippen LogP contribution is -2.40. The molecule has 3 heterocycles. The largest absolute Gasteiger partial charge is 0.469 e. The maximum absolute atomic E-state index is 12.8. The average molecular weight is 396 g/mol. The number of nitrogens with zero attached hydrogens (tertiary/aromatic N) is 4.